The molecule has 1 heterocycles. The molecule has 0 aliphatic rings. The summed E-state index contributed by atoms with van der Waals surface area (Å²) >= 11 is 11.6. The van der Waals surface area contributed by atoms with Crippen molar-refractivity contribution in [1.82, 2.24) is 9.97 Å². The smallest absolute Gasteiger partial charge is 0.224 e. The van der Waals surface area contributed by atoms with Crippen molar-refractivity contribution in [2.24, 2.45) is 0 Å². The first-order valence-corrected chi connectivity index (χ1v) is 8.65. The molecule has 0 fully saturated rings. The van der Waals surface area contributed by atoms with Crippen LogP contribution in [0.5, 0.6) is 0 Å². The van der Waals surface area contributed by atoms with Gasteiger partial charge < -0.3 is 0 Å². The van der Waals surface area contributed by atoms with Gasteiger partial charge in [0.2, 0.25) is 5.28 Å². The Hall–Kier alpha value is -1.57. The summed E-state index contributed by atoms with van der Waals surface area (Å²) in [5.41, 5.74) is 5.93. The number of nitrogens with one attached hydrogen (secondary N) is 2. The number of benzene rings is 1. The van der Waals surface area contributed by atoms with Crippen LogP contribution in [0.15, 0.2) is 35.4 Å². The zero-order valence-corrected chi connectivity index (χ0v) is 14.2. The van der Waals surface area contributed by atoms with E-state index in [1.807, 2.05) is 0 Å². The Morgan fingerprint density at radius 1 is 1.14 bits per heavy atom. The fourth-order valence-corrected chi connectivity index (χ4v) is 3.11. The van der Waals surface area contributed by atoms with Gasteiger partial charge in [-0.15, -0.1) is 0 Å². The molecule has 1 aromatic heterocycles. The summed E-state index contributed by atoms with van der Waals surface area (Å²) in [6.07, 6.45) is 1.34. The molecule has 0 aliphatic carbocycles. The third-order valence-electron chi connectivity index (χ3n) is 2.84. The fourth-order valence-electron chi connectivity index (χ4n) is 1.63. The molecule has 0 spiro atoms. The minimum absolute atomic E-state index is 0.0248. The predicted octanol–water partition coefficient (Wildman–Crippen LogP) is 3.40. The first-order valence-electron chi connectivity index (χ1n) is 6.35. The number of aromatic nitrogens is 2. The van der Waals surface area contributed by atoms with Crippen LogP contribution in [0.2, 0.25) is 10.3 Å². The summed E-state index contributed by atoms with van der Waals surface area (Å²) < 4.78 is 24.7. The molecule has 0 atom stereocenters. The second-order valence-corrected chi connectivity index (χ2v) is 7.89. The lowest BCUT2D eigenvalue weighted by atomic mass is 10.3. The number of halogens is 2. The zero-order valence-electron chi connectivity index (χ0n) is 11.8. The lowest BCUT2D eigenvalue weighted by molar-refractivity contribution is 0.587. The molecule has 22 heavy (non-hydrogen) atoms. The van der Waals surface area contributed by atoms with E-state index in [4.69, 9.17) is 23.2 Å². The minimum atomic E-state index is -3.42. The molecule has 0 bridgehead atoms. The lowest BCUT2D eigenvalue weighted by Gasteiger charge is -2.15. The minimum Gasteiger partial charge on any atom is -0.298 e. The first-order chi connectivity index (χ1) is 10.3. The van der Waals surface area contributed by atoms with Crippen molar-refractivity contribution in [2.75, 3.05) is 10.9 Å². The van der Waals surface area contributed by atoms with Gasteiger partial charge in [-0.2, -0.15) is 4.98 Å². The Kier molecular flexibility index (Phi) is 5.10. The standard InChI is InChI=1S/C13H14Cl2N4O2S/c1-8(2)22(20,21)11-6-4-3-5-10(11)18-19-12-9(14)7-16-13(15)17-12/h3-8,18H,1-2H3,(H,16,17,19). The molecule has 0 saturated carbocycles. The molecular formula is C13H14Cl2N4O2S. The molecule has 0 radical (unpaired) electrons. The third kappa shape index (κ3) is 3.60. The second-order valence-electron chi connectivity index (χ2n) is 4.68. The molecule has 2 N–H and O–H groups in total. The average molecular weight is 361 g/mol. The lowest BCUT2D eigenvalue weighted by Crippen LogP contribution is -2.18. The van der Waals surface area contributed by atoms with Crippen molar-refractivity contribution >= 4 is 44.5 Å². The Morgan fingerprint density at radius 2 is 1.82 bits per heavy atom. The molecule has 6 nitrogen and oxygen atoms in total. The Labute approximate surface area is 138 Å². The van der Waals surface area contributed by atoms with Crippen LogP contribution in [0.4, 0.5) is 11.5 Å². The highest BCUT2D eigenvalue weighted by atomic mass is 35.5. The van der Waals surface area contributed by atoms with E-state index in [0.29, 0.717) is 5.69 Å². The molecule has 0 unspecified atom stereocenters. The molecule has 1 aromatic carbocycles. The van der Waals surface area contributed by atoms with Gasteiger partial charge in [-0.3, -0.25) is 10.9 Å². The summed E-state index contributed by atoms with van der Waals surface area (Å²) in [5, 5.41) is -0.259. The number of sulfone groups is 1. The Balaban J connectivity index is 2.30. The predicted molar refractivity (Wildman–Crippen MR) is 88.1 cm³/mol. The van der Waals surface area contributed by atoms with E-state index in [9.17, 15) is 8.42 Å². The molecule has 2 aromatic rings. The fraction of sp³-hybridized carbons (Fsp3) is 0.231. The van der Waals surface area contributed by atoms with Gasteiger partial charge in [0.15, 0.2) is 15.7 Å². The van der Waals surface area contributed by atoms with Gasteiger partial charge in [0, 0.05) is 0 Å². The van der Waals surface area contributed by atoms with Gasteiger partial charge in [-0.1, -0.05) is 23.7 Å². The van der Waals surface area contributed by atoms with Gasteiger partial charge in [-0.25, -0.2) is 13.4 Å². The molecule has 0 saturated heterocycles. The van der Waals surface area contributed by atoms with Crippen LogP contribution in [-0.4, -0.2) is 23.6 Å². The van der Waals surface area contributed by atoms with E-state index in [1.165, 1.54) is 12.3 Å². The quantitative estimate of drug-likeness (QED) is 0.627. The second kappa shape index (κ2) is 6.68. The van der Waals surface area contributed by atoms with Crippen molar-refractivity contribution in [1.29, 1.82) is 0 Å². The summed E-state index contributed by atoms with van der Waals surface area (Å²) in [7, 11) is -3.42. The van der Waals surface area contributed by atoms with Crippen molar-refractivity contribution < 1.29 is 8.42 Å². The SMILES string of the molecule is CC(C)S(=O)(=O)c1ccccc1NNc1nc(Cl)ncc1Cl. The van der Waals surface area contributed by atoms with Crippen LogP contribution in [0.3, 0.4) is 0 Å². The van der Waals surface area contributed by atoms with Gasteiger partial charge in [0.05, 0.1) is 22.0 Å². The average Bonchev–Trinajstić information content (AvgIpc) is 2.48. The first kappa shape index (κ1) is 16.8. The van der Waals surface area contributed by atoms with E-state index in [1.54, 1.807) is 32.0 Å². The summed E-state index contributed by atoms with van der Waals surface area (Å²) in [5.74, 6) is 0.249. The van der Waals surface area contributed by atoms with Crippen LogP contribution in [0.25, 0.3) is 0 Å². The number of hydrazine groups is 1. The highest BCUT2D eigenvalue weighted by Crippen LogP contribution is 2.26. The maximum absolute atomic E-state index is 12.3. The maximum atomic E-state index is 12.3. The summed E-state index contributed by atoms with van der Waals surface area (Å²) in [4.78, 5) is 7.84. The van der Waals surface area contributed by atoms with Crippen molar-refractivity contribution in [3.8, 4) is 0 Å². The number of hydrogen-bond donors (Lipinski definition) is 2. The van der Waals surface area contributed by atoms with Crippen molar-refractivity contribution in [2.45, 2.75) is 24.0 Å². The highest BCUT2D eigenvalue weighted by Gasteiger charge is 2.22. The van der Waals surface area contributed by atoms with Gasteiger partial charge in [0.1, 0.15) is 5.02 Å². The van der Waals surface area contributed by atoms with E-state index < -0.39 is 15.1 Å². The Morgan fingerprint density at radius 3 is 2.50 bits per heavy atom. The van der Waals surface area contributed by atoms with Crippen molar-refractivity contribution in [3.63, 3.8) is 0 Å². The van der Waals surface area contributed by atoms with E-state index in [0.717, 1.165) is 0 Å². The number of anilines is 2. The number of nitrogens with zero attached hydrogens (tertiary/aromatic N) is 2. The van der Waals surface area contributed by atoms with E-state index in [2.05, 4.69) is 20.8 Å². The molecule has 9 heteroatoms. The van der Waals surface area contributed by atoms with E-state index >= 15 is 0 Å². The van der Waals surface area contributed by atoms with Gasteiger partial charge in [0.25, 0.3) is 0 Å². The van der Waals surface area contributed by atoms with Crippen molar-refractivity contribution in [3.05, 3.63) is 40.8 Å². The monoisotopic (exact) mass is 360 g/mol. The molecule has 0 amide bonds. The number of rotatable bonds is 5. The molecular weight excluding hydrogens is 347 g/mol. The largest absolute Gasteiger partial charge is 0.298 e. The Bertz CT molecular complexity index is 781. The molecule has 118 valence electrons. The summed E-state index contributed by atoms with van der Waals surface area (Å²) in [6.45, 7) is 3.25. The van der Waals surface area contributed by atoms with Gasteiger partial charge >= 0.3 is 0 Å². The van der Waals surface area contributed by atoms with Crippen LogP contribution in [-0.2, 0) is 9.84 Å². The number of hydrogen-bond acceptors (Lipinski definition) is 6. The van der Waals surface area contributed by atoms with Crippen LogP contribution >= 0.6 is 23.2 Å². The third-order valence-corrected chi connectivity index (χ3v) is 5.51. The van der Waals surface area contributed by atoms with Crippen LogP contribution in [0, 0.1) is 0 Å². The molecule has 2 rings (SSSR count). The topological polar surface area (TPSA) is 84.0 Å². The van der Waals surface area contributed by atoms with Crippen LogP contribution < -0.4 is 10.9 Å². The summed E-state index contributed by atoms with van der Waals surface area (Å²) in [6, 6.07) is 6.56. The highest BCUT2D eigenvalue weighted by molar-refractivity contribution is 7.92. The zero-order chi connectivity index (χ0) is 16.3. The normalized spacial score (nSPS) is 11.5. The molecule has 0 aliphatic heterocycles. The maximum Gasteiger partial charge on any atom is 0.224 e. The van der Waals surface area contributed by atoms with Crippen LogP contribution in [0.1, 0.15) is 13.8 Å². The van der Waals surface area contributed by atoms with Gasteiger partial charge in [-0.05, 0) is 37.6 Å². The van der Waals surface area contributed by atoms with E-state index in [-0.39, 0.29) is 21.0 Å². The number of para-hydroxylation sites is 1.